The highest BCUT2D eigenvalue weighted by Gasteiger charge is 2.19. The third-order valence-corrected chi connectivity index (χ3v) is 3.12. The number of ether oxygens (including phenoxy) is 1. The Kier molecular flexibility index (Phi) is 2.28. The molecule has 0 bridgehead atoms. The molecule has 1 N–H and O–H groups in total. The summed E-state index contributed by atoms with van der Waals surface area (Å²) in [4.78, 5) is 16.9. The number of benzene rings is 1. The van der Waals surface area contributed by atoms with E-state index in [0.717, 1.165) is 29.6 Å². The van der Waals surface area contributed by atoms with E-state index in [1.807, 2.05) is 31.3 Å². The van der Waals surface area contributed by atoms with Crippen LogP contribution in [0.4, 0.5) is 5.69 Å². The SMILES string of the molecule is CN1CCCOc2c1c1ccccc1[nH]c2=O. The Morgan fingerprint density at radius 1 is 1.35 bits per heavy atom. The summed E-state index contributed by atoms with van der Waals surface area (Å²) >= 11 is 0. The molecule has 1 aliphatic heterocycles. The van der Waals surface area contributed by atoms with Crippen LogP contribution in [0, 0.1) is 0 Å². The number of anilines is 1. The predicted molar refractivity (Wildman–Crippen MR) is 68.0 cm³/mol. The van der Waals surface area contributed by atoms with Gasteiger partial charge in [-0.25, -0.2) is 0 Å². The third-order valence-electron chi connectivity index (χ3n) is 3.12. The fourth-order valence-corrected chi connectivity index (χ4v) is 2.31. The molecule has 0 spiro atoms. The molecule has 0 aliphatic carbocycles. The maximum Gasteiger partial charge on any atom is 0.292 e. The number of pyridine rings is 1. The van der Waals surface area contributed by atoms with Gasteiger partial charge in [-0.3, -0.25) is 4.79 Å². The summed E-state index contributed by atoms with van der Waals surface area (Å²) in [6.07, 6.45) is 0.930. The molecular weight excluding hydrogens is 216 g/mol. The average molecular weight is 230 g/mol. The number of hydrogen-bond donors (Lipinski definition) is 1. The van der Waals surface area contributed by atoms with Gasteiger partial charge in [0, 0.05) is 19.0 Å². The maximum atomic E-state index is 12.0. The standard InChI is InChI=1S/C13H14N2O2/c1-15-7-4-8-17-12-11(15)9-5-2-3-6-10(9)14-13(12)16/h2-3,5-6H,4,7-8H2,1H3,(H,14,16). The molecule has 0 atom stereocenters. The normalized spacial score (nSPS) is 15.2. The number of fused-ring (bicyclic) bond motifs is 3. The molecule has 0 saturated heterocycles. The molecular formula is C13H14N2O2. The van der Waals surface area contributed by atoms with E-state index in [0.29, 0.717) is 12.4 Å². The predicted octanol–water partition coefficient (Wildman–Crippen LogP) is 1.75. The van der Waals surface area contributed by atoms with Gasteiger partial charge < -0.3 is 14.6 Å². The largest absolute Gasteiger partial charge is 0.486 e. The van der Waals surface area contributed by atoms with E-state index in [4.69, 9.17) is 4.74 Å². The van der Waals surface area contributed by atoms with E-state index in [-0.39, 0.29) is 5.56 Å². The molecule has 0 fully saturated rings. The first kappa shape index (κ1) is 10.2. The summed E-state index contributed by atoms with van der Waals surface area (Å²) in [5.41, 5.74) is 1.61. The molecule has 1 aromatic heterocycles. The lowest BCUT2D eigenvalue weighted by atomic mass is 10.1. The van der Waals surface area contributed by atoms with Gasteiger partial charge >= 0.3 is 0 Å². The Bertz CT molecular complexity index is 618. The molecule has 0 saturated carbocycles. The van der Waals surface area contributed by atoms with Crippen LogP contribution >= 0.6 is 0 Å². The van der Waals surface area contributed by atoms with Gasteiger partial charge in [-0.15, -0.1) is 0 Å². The van der Waals surface area contributed by atoms with E-state index in [1.54, 1.807) is 0 Å². The van der Waals surface area contributed by atoms with Crippen LogP contribution < -0.4 is 15.2 Å². The quantitative estimate of drug-likeness (QED) is 0.750. The van der Waals surface area contributed by atoms with Crippen molar-refractivity contribution in [3.8, 4) is 5.75 Å². The topological polar surface area (TPSA) is 45.3 Å². The maximum absolute atomic E-state index is 12.0. The third kappa shape index (κ3) is 1.56. The molecule has 4 nitrogen and oxygen atoms in total. The lowest BCUT2D eigenvalue weighted by Crippen LogP contribution is -2.20. The fraction of sp³-hybridized carbons (Fsp3) is 0.308. The lowest BCUT2D eigenvalue weighted by molar-refractivity contribution is 0.318. The molecule has 3 rings (SSSR count). The Labute approximate surface area is 98.8 Å². The Hall–Kier alpha value is -1.97. The Balaban J connectivity index is 2.41. The average Bonchev–Trinajstić information content (AvgIpc) is 2.52. The van der Waals surface area contributed by atoms with Crippen molar-refractivity contribution in [2.75, 3.05) is 25.1 Å². The van der Waals surface area contributed by atoms with Crippen LogP contribution in [0.3, 0.4) is 0 Å². The number of aromatic nitrogens is 1. The second-order valence-electron chi connectivity index (χ2n) is 4.30. The van der Waals surface area contributed by atoms with E-state index < -0.39 is 0 Å². The summed E-state index contributed by atoms with van der Waals surface area (Å²) < 4.78 is 5.57. The number of H-pyrrole nitrogens is 1. The van der Waals surface area contributed by atoms with Crippen molar-refractivity contribution in [1.29, 1.82) is 0 Å². The van der Waals surface area contributed by atoms with Gasteiger partial charge in [0.1, 0.15) is 0 Å². The summed E-state index contributed by atoms with van der Waals surface area (Å²) in [5.74, 6) is 0.448. The fourth-order valence-electron chi connectivity index (χ4n) is 2.31. The number of nitrogens with zero attached hydrogens (tertiary/aromatic N) is 1. The van der Waals surface area contributed by atoms with Crippen molar-refractivity contribution in [2.45, 2.75) is 6.42 Å². The minimum atomic E-state index is -0.146. The van der Waals surface area contributed by atoms with Gasteiger partial charge in [-0.2, -0.15) is 0 Å². The van der Waals surface area contributed by atoms with Crippen LogP contribution in [-0.4, -0.2) is 25.2 Å². The molecule has 0 amide bonds. The lowest BCUT2D eigenvalue weighted by Gasteiger charge is -2.19. The number of hydrogen-bond acceptors (Lipinski definition) is 3. The Morgan fingerprint density at radius 2 is 2.18 bits per heavy atom. The first-order valence-electron chi connectivity index (χ1n) is 5.76. The zero-order valence-corrected chi connectivity index (χ0v) is 9.69. The summed E-state index contributed by atoms with van der Waals surface area (Å²) in [6, 6.07) is 7.81. The molecule has 2 heterocycles. The van der Waals surface area contributed by atoms with Gasteiger partial charge in [0.25, 0.3) is 5.56 Å². The number of rotatable bonds is 0. The van der Waals surface area contributed by atoms with E-state index in [2.05, 4.69) is 9.88 Å². The molecule has 0 radical (unpaired) electrons. The van der Waals surface area contributed by atoms with Crippen molar-refractivity contribution < 1.29 is 4.74 Å². The van der Waals surface area contributed by atoms with Crippen molar-refractivity contribution in [2.24, 2.45) is 0 Å². The highest BCUT2D eigenvalue weighted by atomic mass is 16.5. The summed E-state index contributed by atoms with van der Waals surface area (Å²) in [6.45, 7) is 1.50. The Morgan fingerprint density at radius 3 is 3.06 bits per heavy atom. The van der Waals surface area contributed by atoms with Gasteiger partial charge in [0.05, 0.1) is 17.8 Å². The zero-order chi connectivity index (χ0) is 11.8. The van der Waals surface area contributed by atoms with E-state index in [9.17, 15) is 4.79 Å². The van der Waals surface area contributed by atoms with Gasteiger partial charge in [-0.1, -0.05) is 18.2 Å². The van der Waals surface area contributed by atoms with Crippen molar-refractivity contribution in [1.82, 2.24) is 4.98 Å². The van der Waals surface area contributed by atoms with Crippen LogP contribution in [0.25, 0.3) is 10.9 Å². The molecule has 0 unspecified atom stereocenters. The number of para-hydroxylation sites is 1. The van der Waals surface area contributed by atoms with Crippen molar-refractivity contribution in [3.05, 3.63) is 34.6 Å². The van der Waals surface area contributed by atoms with Crippen LogP contribution in [0.2, 0.25) is 0 Å². The van der Waals surface area contributed by atoms with E-state index >= 15 is 0 Å². The van der Waals surface area contributed by atoms with Gasteiger partial charge in [-0.05, 0) is 12.5 Å². The second-order valence-corrected chi connectivity index (χ2v) is 4.30. The number of nitrogens with one attached hydrogen (secondary N) is 1. The van der Waals surface area contributed by atoms with Crippen LogP contribution in [-0.2, 0) is 0 Å². The molecule has 2 aromatic rings. The monoisotopic (exact) mass is 230 g/mol. The molecule has 1 aliphatic rings. The first-order valence-corrected chi connectivity index (χ1v) is 5.76. The van der Waals surface area contributed by atoms with Crippen LogP contribution in [0.1, 0.15) is 6.42 Å². The molecule has 88 valence electrons. The van der Waals surface area contributed by atoms with Crippen LogP contribution in [0.5, 0.6) is 5.75 Å². The second kappa shape index (κ2) is 3.80. The number of aromatic amines is 1. The van der Waals surface area contributed by atoms with Gasteiger partial charge in [0.2, 0.25) is 5.75 Å². The smallest absolute Gasteiger partial charge is 0.292 e. The summed E-state index contributed by atoms with van der Waals surface area (Å²) in [7, 11) is 2.00. The van der Waals surface area contributed by atoms with E-state index in [1.165, 1.54) is 0 Å². The molecule has 17 heavy (non-hydrogen) atoms. The van der Waals surface area contributed by atoms with Crippen LogP contribution in [0.15, 0.2) is 29.1 Å². The summed E-state index contributed by atoms with van der Waals surface area (Å²) in [5, 5.41) is 1.03. The minimum absolute atomic E-state index is 0.146. The van der Waals surface area contributed by atoms with Gasteiger partial charge in [0.15, 0.2) is 0 Å². The minimum Gasteiger partial charge on any atom is -0.486 e. The first-order chi connectivity index (χ1) is 8.27. The molecule has 4 heteroatoms. The zero-order valence-electron chi connectivity index (χ0n) is 9.69. The highest BCUT2D eigenvalue weighted by Crippen LogP contribution is 2.33. The highest BCUT2D eigenvalue weighted by molar-refractivity contribution is 5.94. The molecule has 1 aromatic carbocycles. The van der Waals surface area contributed by atoms with Crippen molar-refractivity contribution >= 4 is 16.6 Å². The van der Waals surface area contributed by atoms with Crippen molar-refractivity contribution in [3.63, 3.8) is 0 Å².